The minimum atomic E-state index is -0.0390. The molecular formula is C26H35ClN4O2. The van der Waals surface area contributed by atoms with Crippen molar-refractivity contribution in [1.82, 2.24) is 4.90 Å². The second kappa shape index (κ2) is 11.9. The number of halogens is 1. The summed E-state index contributed by atoms with van der Waals surface area (Å²) in [6.07, 6.45) is 4.96. The number of anilines is 3. The van der Waals surface area contributed by atoms with E-state index in [1.54, 1.807) is 11.9 Å². The minimum absolute atomic E-state index is 0.0390. The van der Waals surface area contributed by atoms with Gasteiger partial charge in [-0.05, 0) is 49.2 Å². The number of urea groups is 1. The lowest BCUT2D eigenvalue weighted by atomic mass is 10.1. The lowest BCUT2D eigenvalue weighted by Crippen LogP contribution is -2.52. The number of nitrogens with zero attached hydrogens (tertiary/aromatic N) is 3. The van der Waals surface area contributed by atoms with Crippen LogP contribution in [0.1, 0.15) is 44.6 Å². The van der Waals surface area contributed by atoms with Crippen LogP contribution in [0.5, 0.6) is 0 Å². The summed E-state index contributed by atoms with van der Waals surface area (Å²) >= 11 is 6.35. The monoisotopic (exact) mass is 470 g/mol. The molecule has 0 unspecified atom stereocenters. The molecule has 1 N–H and O–H groups in total. The summed E-state index contributed by atoms with van der Waals surface area (Å²) in [5.41, 5.74) is 3.66. The maximum absolute atomic E-state index is 13.0. The van der Waals surface area contributed by atoms with Gasteiger partial charge in [0.05, 0.1) is 10.7 Å². The fourth-order valence-corrected chi connectivity index (χ4v) is 4.55. The number of para-hydroxylation sites is 1. The van der Waals surface area contributed by atoms with Crippen LogP contribution in [0.2, 0.25) is 5.02 Å². The number of benzene rings is 2. The molecule has 1 aliphatic heterocycles. The highest BCUT2D eigenvalue weighted by Gasteiger charge is 2.26. The van der Waals surface area contributed by atoms with Crippen molar-refractivity contribution in [1.29, 1.82) is 0 Å². The molecule has 33 heavy (non-hydrogen) atoms. The zero-order valence-corrected chi connectivity index (χ0v) is 20.7. The Labute approximate surface area is 202 Å². The third-order valence-corrected chi connectivity index (χ3v) is 6.44. The van der Waals surface area contributed by atoms with Crippen LogP contribution < -0.4 is 15.1 Å². The molecule has 178 valence electrons. The van der Waals surface area contributed by atoms with Crippen LogP contribution in [0.3, 0.4) is 0 Å². The van der Waals surface area contributed by atoms with E-state index < -0.39 is 0 Å². The predicted molar refractivity (Wildman–Crippen MR) is 138 cm³/mol. The molecule has 1 aliphatic rings. The standard InChI is InChI=1S/C26H35ClN4O2/c1-4-5-6-7-11-24(32)28-21-12-14-22(15-13-21)30-16-18-31(19-17-30)26(33)29(3)25-20(2)9-8-10-23(25)27/h8-10,12-15H,4-7,11,16-19H2,1-3H3,(H,28,32). The SMILES string of the molecule is CCCCCCC(=O)Nc1ccc(N2CCN(C(=O)N(C)c3c(C)cccc3Cl)CC2)cc1. The number of rotatable bonds is 8. The molecule has 6 nitrogen and oxygen atoms in total. The molecule has 3 rings (SSSR count). The molecular weight excluding hydrogens is 436 g/mol. The first-order valence-electron chi connectivity index (χ1n) is 11.8. The number of carbonyl (C=O) groups is 2. The Morgan fingerprint density at radius 1 is 1.00 bits per heavy atom. The van der Waals surface area contributed by atoms with E-state index in [4.69, 9.17) is 11.6 Å². The molecule has 2 aromatic rings. The van der Waals surface area contributed by atoms with E-state index in [9.17, 15) is 9.59 Å². The summed E-state index contributed by atoms with van der Waals surface area (Å²) in [5.74, 6) is 0.0730. The zero-order chi connectivity index (χ0) is 23.8. The smallest absolute Gasteiger partial charge is 0.324 e. The Balaban J connectivity index is 1.50. The molecule has 7 heteroatoms. The second-order valence-corrected chi connectivity index (χ2v) is 9.03. The molecule has 0 radical (unpaired) electrons. The number of unbranched alkanes of at least 4 members (excludes halogenated alkanes) is 3. The van der Waals surface area contributed by atoms with E-state index in [0.717, 1.165) is 48.6 Å². The lowest BCUT2D eigenvalue weighted by molar-refractivity contribution is -0.116. The minimum Gasteiger partial charge on any atom is -0.368 e. The van der Waals surface area contributed by atoms with Crippen molar-refractivity contribution >= 4 is 40.6 Å². The summed E-state index contributed by atoms with van der Waals surface area (Å²) in [6.45, 7) is 6.92. The fraction of sp³-hybridized carbons (Fsp3) is 0.462. The van der Waals surface area contributed by atoms with E-state index >= 15 is 0 Å². The van der Waals surface area contributed by atoms with Crippen LogP contribution >= 0.6 is 11.6 Å². The van der Waals surface area contributed by atoms with Gasteiger partial charge in [-0.2, -0.15) is 0 Å². The number of piperazine rings is 1. The van der Waals surface area contributed by atoms with Crippen molar-refractivity contribution < 1.29 is 9.59 Å². The van der Waals surface area contributed by atoms with Gasteiger partial charge in [-0.3, -0.25) is 9.69 Å². The Morgan fingerprint density at radius 2 is 1.70 bits per heavy atom. The van der Waals surface area contributed by atoms with Crippen molar-refractivity contribution in [2.75, 3.05) is 48.3 Å². The van der Waals surface area contributed by atoms with Gasteiger partial charge in [0, 0.05) is 51.0 Å². The molecule has 2 aromatic carbocycles. The average molecular weight is 471 g/mol. The van der Waals surface area contributed by atoms with Gasteiger partial charge in [-0.25, -0.2) is 4.79 Å². The third-order valence-electron chi connectivity index (χ3n) is 6.13. The molecule has 0 aromatic heterocycles. The van der Waals surface area contributed by atoms with E-state index in [2.05, 4.69) is 17.1 Å². The molecule has 0 bridgehead atoms. The van der Waals surface area contributed by atoms with Gasteiger partial charge in [0.2, 0.25) is 5.91 Å². The highest BCUT2D eigenvalue weighted by molar-refractivity contribution is 6.34. The fourth-order valence-electron chi connectivity index (χ4n) is 4.20. The number of hydrogen-bond donors (Lipinski definition) is 1. The van der Waals surface area contributed by atoms with Gasteiger partial charge in [-0.1, -0.05) is 49.9 Å². The highest BCUT2D eigenvalue weighted by Crippen LogP contribution is 2.29. The van der Waals surface area contributed by atoms with Crippen LogP contribution in [0, 0.1) is 6.92 Å². The number of hydrogen-bond acceptors (Lipinski definition) is 3. The number of carbonyl (C=O) groups excluding carboxylic acids is 2. The largest absolute Gasteiger partial charge is 0.368 e. The molecule has 0 saturated carbocycles. The van der Waals surface area contributed by atoms with Crippen molar-refractivity contribution in [3.63, 3.8) is 0 Å². The summed E-state index contributed by atoms with van der Waals surface area (Å²) in [4.78, 5) is 30.9. The first kappa shape index (κ1) is 24.9. The maximum Gasteiger partial charge on any atom is 0.324 e. The Morgan fingerprint density at radius 3 is 2.33 bits per heavy atom. The zero-order valence-electron chi connectivity index (χ0n) is 19.9. The van der Waals surface area contributed by atoms with Gasteiger partial charge in [0.15, 0.2) is 0 Å². The van der Waals surface area contributed by atoms with Crippen molar-refractivity contribution in [2.24, 2.45) is 0 Å². The van der Waals surface area contributed by atoms with Crippen LogP contribution in [0.25, 0.3) is 0 Å². The first-order valence-corrected chi connectivity index (χ1v) is 12.2. The molecule has 0 spiro atoms. The Kier molecular flexibility index (Phi) is 9.01. The van der Waals surface area contributed by atoms with Gasteiger partial charge < -0.3 is 15.1 Å². The Bertz CT molecular complexity index is 920. The molecule has 1 fully saturated rings. The highest BCUT2D eigenvalue weighted by atomic mass is 35.5. The topological polar surface area (TPSA) is 55.9 Å². The van der Waals surface area contributed by atoms with Gasteiger partial charge in [0.25, 0.3) is 0 Å². The van der Waals surface area contributed by atoms with E-state index in [1.165, 1.54) is 12.8 Å². The van der Waals surface area contributed by atoms with Gasteiger partial charge >= 0.3 is 6.03 Å². The van der Waals surface area contributed by atoms with Gasteiger partial charge in [0.1, 0.15) is 0 Å². The van der Waals surface area contributed by atoms with Crippen LogP contribution in [0.4, 0.5) is 21.9 Å². The van der Waals surface area contributed by atoms with Crippen molar-refractivity contribution in [2.45, 2.75) is 46.0 Å². The average Bonchev–Trinajstić information content (AvgIpc) is 2.82. The molecule has 1 heterocycles. The molecule has 0 atom stereocenters. The summed E-state index contributed by atoms with van der Waals surface area (Å²) in [5, 5.41) is 3.56. The lowest BCUT2D eigenvalue weighted by Gasteiger charge is -2.38. The van der Waals surface area contributed by atoms with E-state index in [0.29, 0.717) is 24.5 Å². The van der Waals surface area contributed by atoms with E-state index in [1.807, 2.05) is 54.3 Å². The molecule has 3 amide bonds. The maximum atomic E-state index is 13.0. The third kappa shape index (κ3) is 6.64. The summed E-state index contributed by atoms with van der Waals surface area (Å²) in [6, 6.07) is 13.6. The summed E-state index contributed by atoms with van der Waals surface area (Å²) in [7, 11) is 1.78. The normalized spacial score (nSPS) is 13.7. The van der Waals surface area contributed by atoms with E-state index in [-0.39, 0.29) is 11.9 Å². The second-order valence-electron chi connectivity index (χ2n) is 8.63. The van der Waals surface area contributed by atoms with Crippen LogP contribution in [-0.4, -0.2) is 50.1 Å². The number of nitrogens with one attached hydrogen (secondary N) is 1. The quantitative estimate of drug-likeness (QED) is 0.486. The number of aryl methyl sites for hydroxylation is 1. The summed E-state index contributed by atoms with van der Waals surface area (Å²) < 4.78 is 0. The number of amides is 3. The Hall–Kier alpha value is -2.73. The van der Waals surface area contributed by atoms with Gasteiger partial charge in [-0.15, -0.1) is 0 Å². The van der Waals surface area contributed by atoms with Crippen LogP contribution in [0.15, 0.2) is 42.5 Å². The van der Waals surface area contributed by atoms with Crippen molar-refractivity contribution in [3.05, 3.63) is 53.1 Å². The van der Waals surface area contributed by atoms with Crippen molar-refractivity contribution in [3.8, 4) is 0 Å². The molecule has 1 saturated heterocycles. The molecule has 0 aliphatic carbocycles. The first-order chi connectivity index (χ1) is 15.9. The predicted octanol–water partition coefficient (Wildman–Crippen LogP) is 5.94. The van der Waals surface area contributed by atoms with Crippen LogP contribution in [-0.2, 0) is 4.79 Å².